The summed E-state index contributed by atoms with van der Waals surface area (Å²) in [6, 6.07) is 20.4. The monoisotopic (exact) mass is 242 g/mol. The van der Waals surface area contributed by atoms with Crippen LogP contribution in [0.15, 0.2) is 54.6 Å². The Morgan fingerprint density at radius 2 is 1.37 bits per heavy atom. The second kappa shape index (κ2) is 3.27. The third kappa shape index (κ3) is 1.24. The molecule has 0 atom stereocenters. The predicted molar refractivity (Wildman–Crippen MR) is 82.1 cm³/mol. The van der Waals surface area contributed by atoms with Crippen molar-refractivity contribution in [3.05, 3.63) is 60.2 Å². The van der Waals surface area contributed by atoms with Crippen molar-refractivity contribution in [3.8, 4) is 0 Å². The molecule has 0 spiro atoms. The fraction of sp³-hybridized carbons (Fsp3) is 0.158. The molecule has 0 aliphatic heterocycles. The topological polar surface area (TPSA) is 0 Å². The third-order valence-corrected chi connectivity index (χ3v) is 4.56. The molecule has 0 bridgehead atoms. The number of hydrogen-bond acceptors (Lipinski definition) is 0. The van der Waals surface area contributed by atoms with Crippen LogP contribution in [-0.2, 0) is 0 Å². The molecule has 5 rings (SSSR count). The van der Waals surface area contributed by atoms with Crippen LogP contribution in [0, 0.1) is 0 Å². The van der Waals surface area contributed by atoms with E-state index in [2.05, 4.69) is 54.6 Å². The molecule has 1 aliphatic carbocycles. The van der Waals surface area contributed by atoms with E-state index in [-0.39, 0.29) is 0 Å². The lowest BCUT2D eigenvalue weighted by Gasteiger charge is -2.14. The molecule has 0 N–H and O–H groups in total. The molecule has 90 valence electrons. The largest absolute Gasteiger partial charge is 0.0610 e. The Labute approximate surface area is 112 Å². The van der Waals surface area contributed by atoms with Gasteiger partial charge in [-0.3, -0.25) is 0 Å². The van der Waals surface area contributed by atoms with Gasteiger partial charge in [-0.25, -0.2) is 0 Å². The van der Waals surface area contributed by atoms with Gasteiger partial charge in [-0.05, 0) is 56.6 Å². The molecule has 1 fully saturated rings. The summed E-state index contributed by atoms with van der Waals surface area (Å²) in [4.78, 5) is 0. The Kier molecular flexibility index (Phi) is 1.69. The van der Waals surface area contributed by atoms with Gasteiger partial charge in [-0.15, -0.1) is 0 Å². The molecular weight excluding hydrogens is 228 g/mol. The van der Waals surface area contributed by atoms with Crippen molar-refractivity contribution < 1.29 is 0 Å². The summed E-state index contributed by atoms with van der Waals surface area (Å²) in [5.41, 5.74) is 1.57. The Morgan fingerprint density at radius 3 is 2.16 bits per heavy atom. The van der Waals surface area contributed by atoms with E-state index in [4.69, 9.17) is 0 Å². The van der Waals surface area contributed by atoms with Crippen LogP contribution in [0.25, 0.3) is 32.3 Å². The van der Waals surface area contributed by atoms with Gasteiger partial charge in [0.15, 0.2) is 0 Å². The molecule has 1 aliphatic rings. The van der Waals surface area contributed by atoms with Crippen molar-refractivity contribution in [2.75, 3.05) is 0 Å². The van der Waals surface area contributed by atoms with E-state index in [1.54, 1.807) is 5.56 Å². The fourth-order valence-electron chi connectivity index (χ4n) is 3.52. The van der Waals surface area contributed by atoms with Gasteiger partial charge < -0.3 is 0 Å². The standard InChI is InChI=1S/C19H14/c1-3-13-9-10-14-4-2-6-16-17(12-7-8-12)11-15(5-1)18(13)19(14)16/h1-6,9-12H,7-8H2. The average Bonchev–Trinajstić information content (AvgIpc) is 3.29. The van der Waals surface area contributed by atoms with Gasteiger partial charge in [0.25, 0.3) is 0 Å². The fourth-order valence-corrected chi connectivity index (χ4v) is 3.52. The third-order valence-electron chi connectivity index (χ3n) is 4.56. The van der Waals surface area contributed by atoms with Crippen LogP contribution in [0.4, 0.5) is 0 Å². The van der Waals surface area contributed by atoms with E-state index < -0.39 is 0 Å². The summed E-state index contributed by atoms with van der Waals surface area (Å²) < 4.78 is 0. The summed E-state index contributed by atoms with van der Waals surface area (Å²) in [6.07, 6.45) is 2.72. The van der Waals surface area contributed by atoms with Crippen molar-refractivity contribution in [3.63, 3.8) is 0 Å². The maximum absolute atomic E-state index is 2.43. The van der Waals surface area contributed by atoms with Crippen LogP contribution < -0.4 is 0 Å². The zero-order valence-electron chi connectivity index (χ0n) is 10.7. The van der Waals surface area contributed by atoms with Crippen LogP contribution in [0.2, 0.25) is 0 Å². The average molecular weight is 242 g/mol. The maximum Gasteiger partial charge on any atom is -0.00239 e. The summed E-state index contributed by atoms with van der Waals surface area (Å²) in [7, 11) is 0. The van der Waals surface area contributed by atoms with Gasteiger partial charge in [-0.2, -0.15) is 0 Å². The first kappa shape index (κ1) is 9.80. The number of benzene rings is 4. The first-order valence-electron chi connectivity index (χ1n) is 7.08. The van der Waals surface area contributed by atoms with Crippen molar-refractivity contribution in [1.82, 2.24) is 0 Å². The molecule has 0 saturated heterocycles. The zero-order chi connectivity index (χ0) is 12.4. The highest BCUT2D eigenvalue weighted by Crippen LogP contribution is 2.46. The van der Waals surface area contributed by atoms with Gasteiger partial charge in [-0.1, -0.05) is 54.6 Å². The SMILES string of the molecule is c1cc2ccc3cccc4c(C5CC5)cc(c1)c2c34. The zero-order valence-corrected chi connectivity index (χ0v) is 10.7. The van der Waals surface area contributed by atoms with Gasteiger partial charge in [0, 0.05) is 0 Å². The minimum atomic E-state index is 0.800. The lowest BCUT2D eigenvalue weighted by Crippen LogP contribution is -1.88. The number of rotatable bonds is 1. The van der Waals surface area contributed by atoms with Gasteiger partial charge in [0.05, 0.1) is 0 Å². The van der Waals surface area contributed by atoms with Gasteiger partial charge in [0.2, 0.25) is 0 Å². The molecule has 0 radical (unpaired) electrons. The van der Waals surface area contributed by atoms with Crippen molar-refractivity contribution in [1.29, 1.82) is 0 Å². The van der Waals surface area contributed by atoms with E-state index in [0.29, 0.717) is 0 Å². The molecule has 0 heterocycles. The van der Waals surface area contributed by atoms with Crippen LogP contribution in [0.5, 0.6) is 0 Å². The summed E-state index contributed by atoms with van der Waals surface area (Å²) in [5, 5.41) is 8.54. The maximum atomic E-state index is 2.43. The quantitative estimate of drug-likeness (QED) is 0.389. The van der Waals surface area contributed by atoms with Crippen molar-refractivity contribution in [2.24, 2.45) is 0 Å². The summed E-state index contributed by atoms with van der Waals surface area (Å²) in [5.74, 6) is 0.800. The van der Waals surface area contributed by atoms with Crippen LogP contribution in [0.1, 0.15) is 24.3 Å². The molecule has 0 unspecified atom stereocenters. The normalized spacial score (nSPS) is 15.8. The van der Waals surface area contributed by atoms with Crippen LogP contribution in [-0.4, -0.2) is 0 Å². The second-order valence-corrected chi connectivity index (χ2v) is 5.79. The van der Waals surface area contributed by atoms with Gasteiger partial charge >= 0.3 is 0 Å². The highest BCUT2D eigenvalue weighted by Gasteiger charge is 2.26. The first-order valence-corrected chi connectivity index (χ1v) is 7.08. The molecular formula is C19H14. The minimum Gasteiger partial charge on any atom is -0.0610 e. The van der Waals surface area contributed by atoms with Crippen LogP contribution in [0.3, 0.4) is 0 Å². The van der Waals surface area contributed by atoms with E-state index in [1.165, 1.54) is 45.2 Å². The van der Waals surface area contributed by atoms with Crippen LogP contribution >= 0.6 is 0 Å². The second-order valence-electron chi connectivity index (χ2n) is 5.79. The molecule has 4 aromatic rings. The Hall–Kier alpha value is -2.08. The Balaban J connectivity index is 2.14. The first-order chi connectivity index (χ1) is 9.42. The molecule has 0 heteroatoms. The molecule has 0 aromatic heterocycles. The van der Waals surface area contributed by atoms with E-state index in [1.807, 2.05) is 0 Å². The Bertz CT molecular complexity index is 913. The highest BCUT2D eigenvalue weighted by molar-refractivity contribution is 6.23. The lowest BCUT2D eigenvalue weighted by molar-refractivity contribution is 1.16. The van der Waals surface area contributed by atoms with Crippen molar-refractivity contribution in [2.45, 2.75) is 18.8 Å². The molecule has 0 amide bonds. The number of hydrogen-bond donors (Lipinski definition) is 0. The van der Waals surface area contributed by atoms with E-state index in [9.17, 15) is 0 Å². The smallest absolute Gasteiger partial charge is 0.00239 e. The van der Waals surface area contributed by atoms with E-state index >= 15 is 0 Å². The summed E-state index contributed by atoms with van der Waals surface area (Å²) in [6.45, 7) is 0. The minimum absolute atomic E-state index is 0.800. The van der Waals surface area contributed by atoms with Crippen molar-refractivity contribution >= 4 is 32.3 Å². The van der Waals surface area contributed by atoms with Gasteiger partial charge in [0.1, 0.15) is 0 Å². The summed E-state index contributed by atoms with van der Waals surface area (Å²) >= 11 is 0. The molecule has 0 nitrogen and oxygen atoms in total. The van der Waals surface area contributed by atoms with E-state index in [0.717, 1.165) is 5.92 Å². The predicted octanol–water partition coefficient (Wildman–Crippen LogP) is 5.46. The molecule has 19 heavy (non-hydrogen) atoms. The highest BCUT2D eigenvalue weighted by atomic mass is 14.3. The lowest BCUT2D eigenvalue weighted by atomic mass is 9.90. The molecule has 4 aromatic carbocycles. The Morgan fingerprint density at radius 1 is 0.684 bits per heavy atom. The molecule has 1 saturated carbocycles.